The van der Waals surface area contributed by atoms with E-state index in [4.69, 9.17) is 11.6 Å². The molecule has 0 spiro atoms. The van der Waals surface area contributed by atoms with Crippen molar-refractivity contribution in [3.63, 3.8) is 0 Å². The second-order valence-corrected chi connectivity index (χ2v) is 4.43. The molecule has 3 rings (SSSR count). The zero-order chi connectivity index (χ0) is 13.2. The molecule has 0 fully saturated rings. The summed E-state index contributed by atoms with van der Waals surface area (Å²) in [5.74, 6) is 0.578. The lowest BCUT2D eigenvalue weighted by molar-refractivity contribution is 0.768. The molecule has 3 aromatic rings. The largest absolute Gasteiger partial charge is 0.275 e. The highest BCUT2D eigenvalue weighted by Gasteiger charge is 2.08. The quantitative estimate of drug-likeness (QED) is 0.672. The van der Waals surface area contributed by atoms with Crippen LogP contribution in [0.1, 0.15) is 0 Å². The van der Waals surface area contributed by atoms with Gasteiger partial charge in [0.2, 0.25) is 0 Å². The SMILES string of the molecule is Cn1cc(-c2cc(Cl)nc(-c3ccncc3)n2)cn1. The van der Waals surface area contributed by atoms with Crippen LogP contribution >= 0.6 is 11.6 Å². The van der Waals surface area contributed by atoms with Crippen molar-refractivity contribution in [2.24, 2.45) is 7.05 Å². The molecule has 0 N–H and O–H groups in total. The molecule has 5 nitrogen and oxygen atoms in total. The second-order valence-electron chi connectivity index (χ2n) is 4.04. The van der Waals surface area contributed by atoms with E-state index in [9.17, 15) is 0 Å². The normalized spacial score (nSPS) is 10.6. The molecule has 0 amide bonds. The van der Waals surface area contributed by atoms with E-state index < -0.39 is 0 Å². The molecule has 6 heteroatoms. The van der Waals surface area contributed by atoms with E-state index in [0.717, 1.165) is 16.8 Å². The van der Waals surface area contributed by atoms with Crippen LogP contribution in [0.3, 0.4) is 0 Å². The third-order valence-electron chi connectivity index (χ3n) is 2.63. The maximum Gasteiger partial charge on any atom is 0.161 e. The van der Waals surface area contributed by atoms with Crippen LogP contribution in [0.25, 0.3) is 22.6 Å². The van der Waals surface area contributed by atoms with Gasteiger partial charge in [-0.05, 0) is 12.1 Å². The lowest BCUT2D eigenvalue weighted by Gasteiger charge is -2.03. The second kappa shape index (κ2) is 4.78. The van der Waals surface area contributed by atoms with Crippen molar-refractivity contribution < 1.29 is 0 Å². The maximum absolute atomic E-state index is 6.06. The first kappa shape index (κ1) is 11.8. The number of aryl methyl sites for hydroxylation is 1. The molecule has 3 aromatic heterocycles. The highest BCUT2D eigenvalue weighted by molar-refractivity contribution is 6.29. The summed E-state index contributed by atoms with van der Waals surface area (Å²) in [6.07, 6.45) is 7.02. The van der Waals surface area contributed by atoms with E-state index in [0.29, 0.717) is 11.0 Å². The molecule has 0 saturated carbocycles. The molecular weight excluding hydrogens is 262 g/mol. The van der Waals surface area contributed by atoms with Crippen molar-refractivity contribution in [3.8, 4) is 22.6 Å². The Morgan fingerprint density at radius 1 is 1.11 bits per heavy atom. The van der Waals surface area contributed by atoms with Crippen LogP contribution in [-0.2, 0) is 7.05 Å². The number of hydrogen-bond donors (Lipinski definition) is 0. The summed E-state index contributed by atoms with van der Waals surface area (Å²) in [7, 11) is 1.86. The van der Waals surface area contributed by atoms with Crippen molar-refractivity contribution >= 4 is 11.6 Å². The van der Waals surface area contributed by atoms with Crippen molar-refractivity contribution in [2.45, 2.75) is 0 Å². The number of nitrogens with zero attached hydrogens (tertiary/aromatic N) is 5. The molecule has 0 aromatic carbocycles. The molecule has 0 atom stereocenters. The summed E-state index contributed by atoms with van der Waals surface area (Å²) in [6.45, 7) is 0. The Bertz CT molecular complexity index is 708. The lowest BCUT2D eigenvalue weighted by atomic mass is 10.2. The molecule has 0 aliphatic carbocycles. The van der Waals surface area contributed by atoms with Gasteiger partial charge in [-0.15, -0.1) is 0 Å². The number of pyridine rings is 1. The molecule has 0 radical (unpaired) electrons. The monoisotopic (exact) mass is 271 g/mol. The molecule has 94 valence electrons. The van der Waals surface area contributed by atoms with Crippen molar-refractivity contribution in [1.82, 2.24) is 24.7 Å². The zero-order valence-electron chi connectivity index (χ0n) is 10.2. The van der Waals surface area contributed by atoms with Crippen LogP contribution < -0.4 is 0 Å². The van der Waals surface area contributed by atoms with Crippen LogP contribution in [0.5, 0.6) is 0 Å². The fourth-order valence-electron chi connectivity index (χ4n) is 1.75. The van der Waals surface area contributed by atoms with E-state index in [1.807, 2.05) is 25.4 Å². The topological polar surface area (TPSA) is 56.5 Å². The Morgan fingerprint density at radius 2 is 1.89 bits per heavy atom. The summed E-state index contributed by atoms with van der Waals surface area (Å²) in [6, 6.07) is 5.42. The Kier molecular flexibility index (Phi) is 2.97. The third-order valence-corrected chi connectivity index (χ3v) is 2.83. The van der Waals surface area contributed by atoms with Gasteiger partial charge >= 0.3 is 0 Å². The van der Waals surface area contributed by atoms with Crippen molar-refractivity contribution in [2.75, 3.05) is 0 Å². The fourth-order valence-corrected chi connectivity index (χ4v) is 1.93. The van der Waals surface area contributed by atoms with Crippen LogP contribution in [0, 0.1) is 0 Å². The van der Waals surface area contributed by atoms with Gasteiger partial charge in [-0.3, -0.25) is 9.67 Å². The average molecular weight is 272 g/mol. The van der Waals surface area contributed by atoms with Gasteiger partial charge in [-0.25, -0.2) is 9.97 Å². The maximum atomic E-state index is 6.06. The molecular formula is C13H10ClN5. The summed E-state index contributed by atoms with van der Waals surface area (Å²) in [5.41, 5.74) is 2.53. The predicted octanol–water partition coefficient (Wildman–Crippen LogP) is 2.59. The fraction of sp³-hybridized carbons (Fsp3) is 0.0769. The highest BCUT2D eigenvalue weighted by atomic mass is 35.5. The highest BCUT2D eigenvalue weighted by Crippen LogP contribution is 2.23. The standard InChI is InChI=1S/C13H10ClN5/c1-19-8-10(7-16-19)11-6-12(14)18-13(17-11)9-2-4-15-5-3-9/h2-8H,1H3. The predicted molar refractivity (Wildman–Crippen MR) is 72.5 cm³/mol. The molecule has 19 heavy (non-hydrogen) atoms. The number of aromatic nitrogens is 5. The van der Waals surface area contributed by atoms with Crippen LogP contribution in [0.4, 0.5) is 0 Å². The van der Waals surface area contributed by atoms with Gasteiger partial charge in [-0.2, -0.15) is 5.10 Å². The van der Waals surface area contributed by atoms with Gasteiger partial charge in [0.15, 0.2) is 5.82 Å². The summed E-state index contributed by atoms with van der Waals surface area (Å²) >= 11 is 6.06. The minimum Gasteiger partial charge on any atom is -0.275 e. The third kappa shape index (κ3) is 2.46. The number of hydrogen-bond acceptors (Lipinski definition) is 4. The molecule has 0 aliphatic heterocycles. The van der Waals surface area contributed by atoms with Gasteiger partial charge in [0, 0.05) is 42.8 Å². The van der Waals surface area contributed by atoms with Crippen molar-refractivity contribution in [3.05, 3.63) is 48.1 Å². The van der Waals surface area contributed by atoms with Gasteiger partial charge in [0.25, 0.3) is 0 Å². The minimum atomic E-state index is 0.403. The Balaban J connectivity index is 2.11. The minimum absolute atomic E-state index is 0.403. The molecule has 0 aliphatic rings. The Morgan fingerprint density at radius 3 is 2.58 bits per heavy atom. The summed E-state index contributed by atoms with van der Waals surface area (Å²) in [4.78, 5) is 12.7. The van der Waals surface area contributed by atoms with E-state index in [-0.39, 0.29) is 0 Å². The van der Waals surface area contributed by atoms with Crippen LogP contribution in [0.2, 0.25) is 5.15 Å². The smallest absolute Gasteiger partial charge is 0.161 e. The van der Waals surface area contributed by atoms with E-state index in [1.54, 1.807) is 29.3 Å². The molecule has 3 heterocycles. The van der Waals surface area contributed by atoms with E-state index in [1.165, 1.54) is 0 Å². The Labute approximate surface area is 114 Å². The molecule has 0 bridgehead atoms. The lowest BCUT2D eigenvalue weighted by Crippen LogP contribution is -1.92. The van der Waals surface area contributed by atoms with Crippen molar-refractivity contribution in [1.29, 1.82) is 0 Å². The van der Waals surface area contributed by atoms with Crippen LogP contribution in [0.15, 0.2) is 43.0 Å². The summed E-state index contributed by atoms with van der Waals surface area (Å²) in [5, 5.41) is 4.53. The van der Waals surface area contributed by atoms with Gasteiger partial charge in [0.1, 0.15) is 5.15 Å². The first-order chi connectivity index (χ1) is 9.22. The Hall–Kier alpha value is -2.27. The number of rotatable bonds is 2. The van der Waals surface area contributed by atoms with Gasteiger partial charge < -0.3 is 0 Å². The first-order valence-corrected chi connectivity index (χ1v) is 6.04. The van der Waals surface area contributed by atoms with E-state index >= 15 is 0 Å². The van der Waals surface area contributed by atoms with E-state index in [2.05, 4.69) is 20.1 Å². The van der Waals surface area contributed by atoms with Gasteiger partial charge in [0.05, 0.1) is 11.9 Å². The molecule has 0 unspecified atom stereocenters. The summed E-state index contributed by atoms with van der Waals surface area (Å²) < 4.78 is 1.72. The zero-order valence-corrected chi connectivity index (χ0v) is 10.9. The average Bonchev–Trinajstić information content (AvgIpc) is 2.86. The number of halogens is 1. The van der Waals surface area contributed by atoms with Crippen LogP contribution in [-0.4, -0.2) is 24.7 Å². The molecule has 0 saturated heterocycles. The first-order valence-electron chi connectivity index (χ1n) is 5.66. The van der Waals surface area contributed by atoms with Gasteiger partial charge in [-0.1, -0.05) is 11.6 Å².